The lowest BCUT2D eigenvalue weighted by molar-refractivity contribution is 1.65. The molecule has 1 N–H and O–H groups in total. The predicted octanol–water partition coefficient (Wildman–Crippen LogP) is 1.39. The van der Waals surface area contributed by atoms with Gasteiger partial charge in [-0.15, -0.1) is 39.1 Å². The van der Waals surface area contributed by atoms with Gasteiger partial charge in [-0.1, -0.05) is 64.3 Å². The summed E-state index contributed by atoms with van der Waals surface area (Å²) in [5, 5.41) is 7.16. The number of benzene rings is 5. The van der Waals surface area contributed by atoms with Gasteiger partial charge >= 0.3 is 0 Å². The lowest BCUT2D eigenvalue weighted by Gasteiger charge is -2.18. The molecule has 2 aromatic heterocycles. The fourth-order valence-electron chi connectivity index (χ4n) is 5.43. The van der Waals surface area contributed by atoms with Crippen LogP contribution in [-0.2, 0) is 0 Å². The summed E-state index contributed by atoms with van der Waals surface area (Å²) in [5.74, 6) is 0. The molecule has 5 aromatic carbocycles. The minimum Gasteiger partial charge on any atom is -0.355 e. The highest BCUT2D eigenvalue weighted by Gasteiger charge is 2.20. The van der Waals surface area contributed by atoms with Crippen molar-refractivity contribution in [2.75, 3.05) is 5.32 Å². The first-order valence-electron chi connectivity index (χ1n) is 12.5. The number of rotatable bonds is 3. The van der Waals surface area contributed by atoms with Gasteiger partial charge < -0.3 is 5.32 Å². The number of hydrogen-bond donors (Lipinski definition) is 1. The van der Waals surface area contributed by atoms with E-state index in [9.17, 15) is 0 Å². The Kier molecular flexibility index (Phi) is 6.07. The quantitative estimate of drug-likeness (QED) is 0.344. The van der Waals surface area contributed by atoms with Crippen LogP contribution >= 0.6 is 22.7 Å². The molecule has 0 aliphatic heterocycles. The van der Waals surface area contributed by atoms with Gasteiger partial charge in [0.25, 0.3) is 0 Å². The van der Waals surface area contributed by atoms with Crippen molar-refractivity contribution in [3.05, 3.63) is 66.7 Å². The van der Waals surface area contributed by atoms with E-state index in [1.165, 1.54) is 37.2 Å². The second kappa shape index (κ2) is 9.43. The van der Waals surface area contributed by atoms with E-state index >= 15 is 0 Å². The van der Waals surface area contributed by atoms with Crippen LogP contribution in [0.3, 0.4) is 0 Å². The average molecular weight is 526 g/mol. The van der Waals surface area contributed by atoms with E-state index in [0.29, 0.717) is 43.0 Å². The normalized spacial score (nSPS) is 11.7. The van der Waals surface area contributed by atoms with Crippen LogP contribution < -0.4 is 43.6 Å². The molecule has 0 spiro atoms. The summed E-state index contributed by atoms with van der Waals surface area (Å²) in [6, 6.07) is 23.1. The highest BCUT2D eigenvalue weighted by atomic mass is 32.1. The first-order valence-corrected chi connectivity index (χ1v) is 14.1. The SMILES string of the molecule is [B]c1c([B])c([B])c2c(sc3c(Nc4ccc5sc6cccc(-c7ccccc7)c6c5c4)c([B])c([B])c([B])c32)c1[B]. The standard InChI is InChI=1S/C30H12B7NS2/c31-21-19-20-22(32)24(34)26(36)28(30(20)40-29(19)27(37)25(35)23(21)33)38-13-9-10-16-15(11-13)18-14(7-4-8-17(18)39-16)12-5-2-1-3-6-12/h1-11,38H. The summed E-state index contributed by atoms with van der Waals surface area (Å²) >= 11 is 3.17. The molecule has 0 unspecified atom stereocenters. The van der Waals surface area contributed by atoms with Crippen LogP contribution in [0.5, 0.6) is 0 Å². The third kappa shape index (κ3) is 3.69. The van der Waals surface area contributed by atoms with Crippen LogP contribution in [0, 0.1) is 0 Å². The summed E-state index contributed by atoms with van der Waals surface area (Å²) in [5.41, 5.74) is 5.89. The van der Waals surface area contributed by atoms with Crippen molar-refractivity contribution in [2.45, 2.75) is 0 Å². The van der Waals surface area contributed by atoms with Crippen LogP contribution in [0.1, 0.15) is 0 Å². The molecule has 170 valence electrons. The molecule has 14 radical (unpaired) electrons. The molecule has 7 rings (SSSR count). The van der Waals surface area contributed by atoms with Gasteiger partial charge in [0.1, 0.15) is 54.9 Å². The van der Waals surface area contributed by atoms with Crippen LogP contribution in [0.4, 0.5) is 11.4 Å². The van der Waals surface area contributed by atoms with Crippen molar-refractivity contribution >= 4 is 168 Å². The molecule has 0 saturated heterocycles. The van der Waals surface area contributed by atoms with Crippen LogP contribution in [0.15, 0.2) is 66.7 Å². The summed E-state index contributed by atoms with van der Waals surface area (Å²) in [6.07, 6.45) is 0. The Balaban J connectivity index is 1.47. The summed E-state index contributed by atoms with van der Waals surface area (Å²) < 4.78 is 3.86. The van der Waals surface area contributed by atoms with E-state index in [2.05, 4.69) is 59.9 Å². The highest BCUT2D eigenvalue weighted by Crippen LogP contribution is 2.42. The fraction of sp³-hybridized carbons (Fsp3) is 0. The molecule has 0 amide bonds. The van der Waals surface area contributed by atoms with Gasteiger partial charge in [0.05, 0.1) is 4.70 Å². The Labute approximate surface area is 249 Å². The zero-order chi connectivity index (χ0) is 27.9. The van der Waals surface area contributed by atoms with Crippen molar-refractivity contribution < 1.29 is 0 Å². The summed E-state index contributed by atoms with van der Waals surface area (Å²) in [7, 11) is 44.6. The van der Waals surface area contributed by atoms with Crippen LogP contribution in [-0.4, -0.2) is 54.9 Å². The zero-order valence-corrected chi connectivity index (χ0v) is 22.8. The molecule has 0 saturated carbocycles. The molecule has 0 bridgehead atoms. The maximum absolute atomic E-state index is 6.57. The van der Waals surface area contributed by atoms with Gasteiger partial charge in [-0.05, 0) is 46.2 Å². The van der Waals surface area contributed by atoms with E-state index < -0.39 is 0 Å². The topological polar surface area (TPSA) is 12.0 Å². The molecular formula is C30H12B7NS2. The molecule has 2 heterocycles. The maximum Gasteiger partial charge on any atom is 0.115 e. The molecule has 0 atom stereocenters. The third-order valence-corrected chi connectivity index (χ3v) is 9.86. The second-order valence-corrected chi connectivity index (χ2v) is 11.9. The summed E-state index contributed by atoms with van der Waals surface area (Å²) in [6.45, 7) is 0. The Morgan fingerprint density at radius 3 is 1.93 bits per heavy atom. The zero-order valence-electron chi connectivity index (χ0n) is 21.2. The molecule has 10 heteroatoms. The van der Waals surface area contributed by atoms with Gasteiger partial charge in [0.2, 0.25) is 0 Å². The van der Waals surface area contributed by atoms with Gasteiger partial charge in [0.15, 0.2) is 0 Å². The van der Waals surface area contributed by atoms with Crippen molar-refractivity contribution in [1.82, 2.24) is 0 Å². The molecule has 1 nitrogen and oxygen atoms in total. The van der Waals surface area contributed by atoms with E-state index in [-0.39, 0.29) is 16.4 Å². The van der Waals surface area contributed by atoms with Crippen molar-refractivity contribution in [3.8, 4) is 11.1 Å². The number of anilines is 2. The Hall–Kier alpha value is -3.21. The van der Waals surface area contributed by atoms with Crippen molar-refractivity contribution in [3.63, 3.8) is 0 Å². The fourth-order valence-corrected chi connectivity index (χ4v) is 7.85. The minimum atomic E-state index is 0.220. The monoisotopic (exact) mass is 527 g/mol. The van der Waals surface area contributed by atoms with Crippen LogP contribution in [0.25, 0.3) is 51.5 Å². The first kappa shape index (κ1) is 25.7. The molecular weight excluding hydrogens is 514 g/mol. The van der Waals surface area contributed by atoms with Crippen molar-refractivity contribution in [2.24, 2.45) is 0 Å². The number of thiophene rings is 2. The molecule has 7 aromatic rings. The van der Waals surface area contributed by atoms with E-state index in [0.717, 1.165) is 15.8 Å². The molecule has 0 aliphatic carbocycles. The summed E-state index contributed by atoms with van der Waals surface area (Å²) in [4.78, 5) is 0. The second-order valence-electron chi connectivity index (χ2n) is 9.76. The maximum atomic E-state index is 6.57. The number of hydrogen-bond acceptors (Lipinski definition) is 3. The number of nitrogens with one attached hydrogen (secondary N) is 1. The van der Waals surface area contributed by atoms with E-state index in [4.69, 9.17) is 54.9 Å². The lowest BCUT2D eigenvalue weighted by atomic mass is 9.64. The number of fused-ring (bicyclic) bond motifs is 6. The Bertz CT molecular complexity index is 2170. The van der Waals surface area contributed by atoms with Gasteiger partial charge in [-0.2, -0.15) is 0 Å². The van der Waals surface area contributed by atoms with Crippen LogP contribution in [0.2, 0.25) is 0 Å². The van der Waals surface area contributed by atoms with Gasteiger partial charge in [0, 0.05) is 36.2 Å². The lowest BCUT2D eigenvalue weighted by Crippen LogP contribution is -2.47. The minimum absolute atomic E-state index is 0.220. The molecule has 0 aliphatic rings. The van der Waals surface area contributed by atoms with Gasteiger partial charge in [-0.3, -0.25) is 0 Å². The average Bonchev–Trinajstić information content (AvgIpc) is 3.55. The van der Waals surface area contributed by atoms with Crippen molar-refractivity contribution in [1.29, 1.82) is 0 Å². The Morgan fingerprint density at radius 1 is 0.500 bits per heavy atom. The molecule has 0 fully saturated rings. The van der Waals surface area contributed by atoms with E-state index in [1.807, 2.05) is 12.1 Å². The highest BCUT2D eigenvalue weighted by molar-refractivity contribution is 7.28. The molecule has 40 heavy (non-hydrogen) atoms. The first-order chi connectivity index (χ1) is 19.3. The Morgan fingerprint density at radius 2 is 1.18 bits per heavy atom. The largest absolute Gasteiger partial charge is 0.355 e. The predicted molar refractivity (Wildman–Crippen MR) is 185 cm³/mol. The van der Waals surface area contributed by atoms with Gasteiger partial charge in [-0.25, -0.2) is 0 Å². The third-order valence-electron chi connectivity index (χ3n) is 7.49. The smallest absolute Gasteiger partial charge is 0.115 e. The van der Waals surface area contributed by atoms with E-state index in [1.54, 1.807) is 11.3 Å².